The Morgan fingerprint density at radius 2 is 1.84 bits per heavy atom. The van der Waals surface area contributed by atoms with Gasteiger partial charge in [0.05, 0.1) is 28.9 Å². The highest BCUT2D eigenvalue weighted by Gasteiger charge is 2.44. The first-order valence-electron chi connectivity index (χ1n) is 10.00. The molecule has 9 heteroatoms. The molecule has 2 fully saturated rings. The molecule has 2 aliphatic heterocycles. The number of likely N-dealkylation sites (tertiary alicyclic amines) is 1. The number of nitrogens with zero attached hydrogens (tertiary/aromatic N) is 2. The fourth-order valence-corrected chi connectivity index (χ4v) is 4.26. The lowest BCUT2D eigenvalue weighted by Gasteiger charge is -2.34. The molecule has 1 atom stereocenters. The van der Waals surface area contributed by atoms with Gasteiger partial charge in [-0.2, -0.15) is 0 Å². The molecule has 0 aromatic heterocycles. The molecule has 0 aliphatic carbocycles. The normalized spacial score (nSPS) is 20.3. The van der Waals surface area contributed by atoms with Gasteiger partial charge in [0.25, 0.3) is 5.91 Å². The Balaban J connectivity index is 1.38. The second-order valence-electron chi connectivity index (χ2n) is 7.70. The number of hydrogen-bond donors (Lipinski definition) is 2. The summed E-state index contributed by atoms with van der Waals surface area (Å²) in [5, 5.41) is 12.4. The van der Waals surface area contributed by atoms with Gasteiger partial charge in [-0.15, -0.1) is 0 Å². The first-order valence-corrected chi connectivity index (χ1v) is 10.4. The van der Waals surface area contributed by atoms with Gasteiger partial charge in [-0.05, 0) is 56.3 Å². The molecule has 0 saturated carbocycles. The molecule has 3 amide bonds. The maximum atomic E-state index is 13.4. The number of para-hydroxylation sites is 2. The van der Waals surface area contributed by atoms with Crippen molar-refractivity contribution in [1.82, 2.24) is 4.90 Å². The number of carbonyl (C=O) groups is 3. The molecule has 0 bridgehead atoms. The van der Waals surface area contributed by atoms with Gasteiger partial charge in [0.2, 0.25) is 11.8 Å². The van der Waals surface area contributed by atoms with Crippen LogP contribution < -0.4 is 10.2 Å². The number of halogens is 2. The number of nitrogens with one attached hydrogen (secondary N) is 1. The smallest absolute Gasteiger partial charge is 0.251 e. The molecule has 2 N–H and O–H groups in total. The van der Waals surface area contributed by atoms with Crippen LogP contribution in [0.3, 0.4) is 0 Å². The van der Waals surface area contributed by atoms with Crippen LogP contribution in [0.2, 0.25) is 5.02 Å². The van der Waals surface area contributed by atoms with Crippen molar-refractivity contribution in [3.05, 3.63) is 53.3 Å². The Bertz CT molecular complexity index is 1040. The lowest BCUT2D eigenvalue weighted by Crippen LogP contribution is -2.47. The van der Waals surface area contributed by atoms with Crippen molar-refractivity contribution < 1.29 is 23.9 Å². The van der Waals surface area contributed by atoms with Crippen LogP contribution in [-0.4, -0.2) is 46.9 Å². The van der Waals surface area contributed by atoms with E-state index in [2.05, 4.69) is 5.32 Å². The van der Waals surface area contributed by atoms with Gasteiger partial charge in [0, 0.05) is 5.92 Å². The maximum Gasteiger partial charge on any atom is 0.251 e. The van der Waals surface area contributed by atoms with Crippen LogP contribution >= 0.6 is 11.6 Å². The van der Waals surface area contributed by atoms with E-state index in [4.69, 9.17) is 11.6 Å². The van der Waals surface area contributed by atoms with E-state index < -0.39 is 11.9 Å². The summed E-state index contributed by atoms with van der Waals surface area (Å²) in [6, 6.07) is 9.66. The molecule has 0 spiro atoms. The molecule has 0 radical (unpaired) electrons. The SMILES string of the molecule is O=C(Nc1ccccc1O)C1CCN([C@@H]2CC(=O)N(c3ccc(F)c(Cl)c3)C2=O)CC1. The summed E-state index contributed by atoms with van der Waals surface area (Å²) in [7, 11) is 0. The van der Waals surface area contributed by atoms with Gasteiger partial charge in [0.1, 0.15) is 11.6 Å². The quantitative estimate of drug-likeness (QED) is 0.557. The molecular weight excluding hydrogens is 425 g/mol. The molecule has 0 unspecified atom stereocenters. The first kappa shape index (κ1) is 21.3. The minimum Gasteiger partial charge on any atom is -0.506 e. The molecule has 31 heavy (non-hydrogen) atoms. The van der Waals surface area contributed by atoms with Crippen LogP contribution in [0.4, 0.5) is 15.8 Å². The average molecular weight is 446 g/mol. The summed E-state index contributed by atoms with van der Waals surface area (Å²) in [5.74, 6) is -1.79. The number of rotatable bonds is 4. The van der Waals surface area contributed by atoms with Crippen molar-refractivity contribution in [2.24, 2.45) is 5.92 Å². The Morgan fingerprint density at radius 1 is 1.13 bits per heavy atom. The molecule has 2 heterocycles. The minimum atomic E-state index is -0.620. The van der Waals surface area contributed by atoms with E-state index in [9.17, 15) is 23.9 Å². The van der Waals surface area contributed by atoms with E-state index in [0.717, 1.165) is 11.0 Å². The zero-order valence-electron chi connectivity index (χ0n) is 16.6. The summed E-state index contributed by atoms with van der Waals surface area (Å²) >= 11 is 5.80. The molecule has 2 aromatic rings. The van der Waals surface area contributed by atoms with Crippen LogP contribution in [0, 0.1) is 11.7 Å². The van der Waals surface area contributed by atoms with Crippen molar-refractivity contribution in [1.29, 1.82) is 0 Å². The summed E-state index contributed by atoms with van der Waals surface area (Å²) in [6.45, 7) is 0.973. The molecule has 2 aromatic carbocycles. The van der Waals surface area contributed by atoms with E-state index in [1.165, 1.54) is 18.2 Å². The summed E-state index contributed by atoms with van der Waals surface area (Å²) < 4.78 is 13.4. The number of hydrogen-bond acceptors (Lipinski definition) is 5. The van der Waals surface area contributed by atoms with Gasteiger partial charge >= 0.3 is 0 Å². The van der Waals surface area contributed by atoms with E-state index in [-0.39, 0.29) is 46.5 Å². The number of imide groups is 1. The summed E-state index contributed by atoms with van der Waals surface area (Å²) in [5.41, 5.74) is 0.612. The average Bonchev–Trinajstić information content (AvgIpc) is 3.06. The number of amides is 3. The third-order valence-corrected chi connectivity index (χ3v) is 6.08. The number of carbonyl (C=O) groups excluding carboxylic acids is 3. The zero-order chi connectivity index (χ0) is 22.1. The predicted octanol–water partition coefficient (Wildman–Crippen LogP) is 3.17. The third kappa shape index (κ3) is 4.26. The lowest BCUT2D eigenvalue weighted by atomic mass is 9.94. The lowest BCUT2D eigenvalue weighted by molar-refractivity contribution is -0.123. The molecule has 7 nitrogen and oxygen atoms in total. The summed E-state index contributed by atoms with van der Waals surface area (Å²) in [6.07, 6.45) is 1.09. The number of anilines is 2. The zero-order valence-corrected chi connectivity index (χ0v) is 17.3. The largest absolute Gasteiger partial charge is 0.506 e. The van der Waals surface area contributed by atoms with Crippen molar-refractivity contribution in [2.75, 3.05) is 23.3 Å². The minimum absolute atomic E-state index is 0.00402. The molecule has 162 valence electrons. The predicted molar refractivity (Wildman–Crippen MR) is 113 cm³/mol. The van der Waals surface area contributed by atoms with Gasteiger partial charge < -0.3 is 10.4 Å². The van der Waals surface area contributed by atoms with Crippen LogP contribution in [0.5, 0.6) is 5.75 Å². The van der Waals surface area contributed by atoms with Crippen LogP contribution in [0.25, 0.3) is 0 Å². The number of piperidine rings is 1. The van der Waals surface area contributed by atoms with E-state index in [1.54, 1.807) is 18.2 Å². The van der Waals surface area contributed by atoms with Gasteiger partial charge in [-0.3, -0.25) is 19.3 Å². The van der Waals surface area contributed by atoms with E-state index >= 15 is 0 Å². The number of phenols is 1. The number of aromatic hydroxyl groups is 1. The fraction of sp³-hybridized carbons (Fsp3) is 0.318. The van der Waals surface area contributed by atoms with Crippen molar-refractivity contribution in [3.63, 3.8) is 0 Å². The van der Waals surface area contributed by atoms with E-state index in [0.29, 0.717) is 31.6 Å². The molecule has 4 rings (SSSR count). The second kappa shape index (κ2) is 8.64. The Kier molecular flexibility index (Phi) is 5.93. The van der Waals surface area contributed by atoms with Gasteiger partial charge in [0.15, 0.2) is 0 Å². The van der Waals surface area contributed by atoms with Crippen LogP contribution in [0.1, 0.15) is 19.3 Å². The molecule has 2 saturated heterocycles. The molecular formula is C22H21ClFN3O4. The monoisotopic (exact) mass is 445 g/mol. The highest BCUT2D eigenvalue weighted by atomic mass is 35.5. The third-order valence-electron chi connectivity index (χ3n) is 5.79. The van der Waals surface area contributed by atoms with Gasteiger partial charge in [-0.25, -0.2) is 9.29 Å². The van der Waals surface area contributed by atoms with Crippen molar-refractivity contribution in [3.8, 4) is 5.75 Å². The summed E-state index contributed by atoms with van der Waals surface area (Å²) in [4.78, 5) is 40.9. The molecule has 2 aliphatic rings. The Labute approximate surface area is 183 Å². The Morgan fingerprint density at radius 3 is 2.52 bits per heavy atom. The first-order chi connectivity index (χ1) is 14.8. The van der Waals surface area contributed by atoms with E-state index in [1.807, 2.05) is 4.90 Å². The fourth-order valence-electron chi connectivity index (χ4n) is 4.08. The number of phenolic OH excluding ortho intramolecular Hbond substituents is 1. The second-order valence-corrected chi connectivity index (χ2v) is 8.11. The van der Waals surface area contributed by atoms with Crippen LogP contribution in [0.15, 0.2) is 42.5 Å². The van der Waals surface area contributed by atoms with Gasteiger partial charge in [-0.1, -0.05) is 23.7 Å². The highest BCUT2D eigenvalue weighted by molar-refractivity contribution is 6.31. The van der Waals surface area contributed by atoms with Crippen LogP contribution in [-0.2, 0) is 14.4 Å². The standard InChI is InChI=1S/C22H21ClFN3O4/c23-15-11-14(5-6-16(15)24)27-20(29)12-18(22(27)31)26-9-7-13(8-10-26)21(30)25-17-3-1-2-4-19(17)28/h1-6,11,13,18,28H,7-10,12H2,(H,25,30)/t18-/m1/s1. The maximum absolute atomic E-state index is 13.4. The van der Waals surface area contributed by atoms with Crippen molar-refractivity contribution >= 4 is 40.7 Å². The van der Waals surface area contributed by atoms with Crippen molar-refractivity contribution in [2.45, 2.75) is 25.3 Å². The Hall–Kier alpha value is -2.97. The topological polar surface area (TPSA) is 89.9 Å². The highest BCUT2D eigenvalue weighted by Crippen LogP contribution is 2.31. The number of benzene rings is 2.